The van der Waals surface area contributed by atoms with E-state index in [-0.39, 0.29) is 12.8 Å². The second kappa shape index (κ2) is 7.59. The Balaban J connectivity index is 1.57. The van der Waals surface area contributed by atoms with E-state index in [2.05, 4.69) is 10.6 Å². The highest BCUT2D eigenvalue weighted by Crippen LogP contribution is 2.35. The van der Waals surface area contributed by atoms with E-state index in [1.807, 2.05) is 49.4 Å². The minimum Gasteiger partial charge on any atom is -0.489 e. The lowest BCUT2D eigenvalue weighted by Gasteiger charge is -2.10. The standard InChI is InChI=1S/C18H20N2O4/c1-2-8-19-18(21)20-14-5-3-4-13(9-14)11-22-15-6-7-16-17(10-15)24-12-23-16/h3-7,9-10H,2,8,11-12H2,1H3,(H2,19,20,21). The van der Waals surface area contributed by atoms with Crippen molar-refractivity contribution in [2.24, 2.45) is 0 Å². The molecule has 0 saturated carbocycles. The molecule has 0 saturated heterocycles. The molecular formula is C18H20N2O4. The quantitative estimate of drug-likeness (QED) is 0.851. The van der Waals surface area contributed by atoms with Gasteiger partial charge >= 0.3 is 6.03 Å². The summed E-state index contributed by atoms with van der Waals surface area (Å²) in [7, 11) is 0. The van der Waals surface area contributed by atoms with Crippen LogP contribution in [-0.2, 0) is 6.61 Å². The van der Waals surface area contributed by atoms with Gasteiger partial charge in [0.05, 0.1) is 0 Å². The van der Waals surface area contributed by atoms with Crippen LogP contribution in [0.2, 0.25) is 0 Å². The summed E-state index contributed by atoms with van der Waals surface area (Å²) in [6.45, 7) is 3.30. The third-order valence-electron chi connectivity index (χ3n) is 3.47. The highest BCUT2D eigenvalue weighted by atomic mass is 16.7. The number of hydrogen-bond donors (Lipinski definition) is 2. The number of rotatable bonds is 6. The van der Waals surface area contributed by atoms with Crippen LogP contribution in [0.3, 0.4) is 0 Å². The number of fused-ring (bicyclic) bond motifs is 1. The summed E-state index contributed by atoms with van der Waals surface area (Å²) in [5, 5.41) is 5.58. The molecule has 2 N–H and O–H groups in total. The van der Waals surface area contributed by atoms with E-state index in [9.17, 15) is 4.79 Å². The number of ether oxygens (including phenoxy) is 3. The molecular weight excluding hydrogens is 308 g/mol. The maximum absolute atomic E-state index is 11.7. The van der Waals surface area contributed by atoms with Crippen LogP contribution < -0.4 is 24.8 Å². The monoisotopic (exact) mass is 328 g/mol. The molecule has 2 aromatic rings. The Hall–Kier alpha value is -2.89. The Labute approximate surface area is 140 Å². The molecule has 0 bridgehead atoms. The summed E-state index contributed by atoms with van der Waals surface area (Å²) < 4.78 is 16.4. The molecule has 0 unspecified atom stereocenters. The molecule has 0 spiro atoms. The van der Waals surface area contributed by atoms with E-state index >= 15 is 0 Å². The van der Waals surface area contributed by atoms with E-state index in [1.165, 1.54) is 0 Å². The van der Waals surface area contributed by atoms with Crippen LogP contribution in [0.5, 0.6) is 17.2 Å². The first-order chi connectivity index (χ1) is 11.7. The van der Waals surface area contributed by atoms with Crippen molar-refractivity contribution in [3.05, 3.63) is 48.0 Å². The highest BCUT2D eigenvalue weighted by Gasteiger charge is 2.13. The third kappa shape index (κ3) is 4.10. The molecule has 2 amide bonds. The normalized spacial score (nSPS) is 11.9. The van der Waals surface area contributed by atoms with Gasteiger partial charge in [-0.2, -0.15) is 0 Å². The predicted molar refractivity (Wildman–Crippen MR) is 90.7 cm³/mol. The molecule has 126 valence electrons. The first-order valence-electron chi connectivity index (χ1n) is 7.91. The van der Waals surface area contributed by atoms with Crippen LogP contribution in [0, 0.1) is 0 Å². The van der Waals surface area contributed by atoms with Crippen LogP contribution >= 0.6 is 0 Å². The van der Waals surface area contributed by atoms with Crippen molar-refractivity contribution in [2.75, 3.05) is 18.7 Å². The second-order valence-electron chi connectivity index (χ2n) is 5.39. The first-order valence-corrected chi connectivity index (χ1v) is 7.91. The van der Waals surface area contributed by atoms with E-state index in [0.29, 0.717) is 24.7 Å². The second-order valence-corrected chi connectivity index (χ2v) is 5.39. The average molecular weight is 328 g/mol. The lowest BCUT2D eigenvalue weighted by molar-refractivity contribution is 0.173. The van der Waals surface area contributed by atoms with E-state index in [4.69, 9.17) is 14.2 Å². The van der Waals surface area contributed by atoms with Crippen molar-refractivity contribution >= 4 is 11.7 Å². The summed E-state index contributed by atoms with van der Waals surface area (Å²) in [6, 6.07) is 12.8. The van der Waals surface area contributed by atoms with Crippen molar-refractivity contribution in [1.29, 1.82) is 0 Å². The van der Waals surface area contributed by atoms with Crippen molar-refractivity contribution < 1.29 is 19.0 Å². The number of anilines is 1. The molecule has 0 fully saturated rings. The van der Waals surface area contributed by atoms with Gasteiger partial charge in [0.1, 0.15) is 12.4 Å². The van der Waals surface area contributed by atoms with Gasteiger partial charge in [0, 0.05) is 18.3 Å². The van der Waals surface area contributed by atoms with Gasteiger partial charge in [0.25, 0.3) is 0 Å². The van der Waals surface area contributed by atoms with Crippen molar-refractivity contribution in [2.45, 2.75) is 20.0 Å². The molecule has 6 heteroatoms. The van der Waals surface area contributed by atoms with Crippen LogP contribution in [0.1, 0.15) is 18.9 Å². The maximum Gasteiger partial charge on any atom is 0.319 e. The zero-order valence-electron chi connectivity index (χ0n) is 13.5. The van der Waals surface area contributed by atoms with E-state index in [0.717, 1.165) is 23.4 Å². The Bertz CT molecular complexity index is 718. The molecule has 0 atom stereocenters. The van der Waals surface area contributed by atoms with Crippen LogP contribution in [0.15, 0.2) is 42.5 Å². The molecule has 1 heterocycles. The minimum atomic E-state index is -0.203. The van der Waals surface area contributed by atoms with Crippen molar-refractivity contribution in [1.82, 2.24) is 5.32 Å². The lowest BCUT2D eigenvalue weighted by Crippen LogP contribution is -2.29. The maximum atomic E-state index is 11.7. The SMILES string of the molecule is CCCNC(=O)Nc1cccc(COc2ccc3c(c2)OCO3)c1. The Kier molecular flexibility index (Phi) is 5.05. The molecule has 24 heavy (non-hydrogen) atoms. The number of amides is 2. The minimum absolute atomic E-state index is 0.203. The van der Waals surface area contributed by atoms with Gasteiger partial charge in [0.15, 0.2) is 11.5 Å². The predicted octanol–water partition coefficient (Wildman–Crippen LogP) is 3.53. The molecule has 0 aliphatic carbocycles. The summed E-state index contributed by atoms with van der Waals surface area (Å²) in [4.78, 5) is 11.7. The fourth-order valence-electron chi connectivity index (χ4n) is 2.29. The zero-order valence-corrected chi connectivity index (χ0v) is 13.5. The fraction of sp³-hybridized carbons (Fsp3) is 0.278. The van der Waals surface area contributed by atoms with Crippen LogP contribution in [0.4, 0.5) is 10.5 Å². The molecule has 0 radical (unpaired) electrons. The first kappa shape index (κ1) is 16.0. The lowest BCUT2D eigenvalue weighted by atomic mass is 10.2. The van der Waals surface area contributed by atoms with Gasteiger partial charge < -0.3 is 24.8 Å². The van der Waals surface area contributed by atoms with E-state index < -0.39 is 0 Å². The van der Waals surface area contributed by atoms with Crippen LogP contribution in [-0.4, -0.2) is 19.4 Å². The summed E-state index contributed by atoms with van der Waals surface area (Å²) in [5.74, 6) is 2.13. The van der Waals surface area contributed by atoms with Crippen molar-refractivity contribution in [3.63, 3.8) is 0 Å². The third-order valence-corrected chi connectivity index (χ3v) is 3.47. The van der Waals surface area contributed by atoms with Gasteiger partial charge in [-0.3, -0.25) is 0 Å². The smallest absolute Gasteiger partial charge is 0.319 e. The van der Waals surface area contributed by atoms with Gasteiger partial charge in [-0.25, -0.2) is 4.79 Å². The Morgan fingerprint density at radius 2 is 2.04 bits per heavy atom. The van der Waals surface area contributed by atoms with Gasteiger partial charge in [-0.05, 0) is 36.2 Å². The topological polar surface area (TPSA) is 68.8 Å². The number of benzene rings is 2. The Morgan fingerprint density at radius 1 is 1.17 bits per heavy atom. The van der Waals surface area contributed by atoms with Crippen molar-refractivity contribution in [3.8, 4) is 17.2 Å². The fourth-order valence-corrected chi connectivity index (χ4v) is 2.29. The highest BCUT2D eigenvalue weighted by molar-refractivity contribution is 5.89. The summed E-state index contributed by atoms with van der Waals surface area (Å²) >= 11 is 0. The molecule has 1 aliphatic heterocycles. The molecule has 6 nitrogen and oxygen atoms in total. The molecule has 0 aromatic heterocycles. The van der Waals surface area contributed by atoms with Gasteiger partial charge in [-0.1, -0.05) is 19.1 Å². The Morgan fingerprint density at radius 3 is 2.92 bits per heavy atom. The summed E-state index contributed by atoms with van der Waals surface area (Å²) in [6.07, 6.45) is 0.900. The number of hydrogen-bond acceptors (Lipinski definition) is 4. The largest absolute Gasteiger partial charge is 0.489 e. The average Bonchev–Trinajstić information content (AvgIpc) is 3.06. The summed E-state index contributed by atoms with van der Waals surface area (Å²) in [5.41, 5.74) is 1.69. The number of carbonyl (C=O) groups is 1. The zero-order chi connectivity index (χ0) is 16.8. The van der Waals surface area contributed by atoms with E-state index in [1.54, 1.807) is 0 Å². The van der Waals surface area contributed by atoms with Gasteiger partial charge in [0.2, 0.25) is 6.79 Å². The number of nitrogens with one attached hydrogen (secondary N) is 2. The number of carbonyl (C=O) groups excluding carboxylic acids is 1. The number of urea groups is 1. The van der Waals surface area contributed by atoms with Gasteiger partial charge in [-0.15, -0.1) is 0 Å². The molecule has 2 aromatic carbocycles. The molecule has 3 rings (SSSR count). The van der Waals surface area contributed by atoms with Crippen LogP contribution in [0.25, 0.3) is 0 Å². The molecule has 1 aliphatic rings.